The fourth-order valence-electron chi connectivity index (χ4n) is 6.34. The fraction of sp³-hybridized carbons (Fsp3) is 1.00. The first-order valence-electron chi connectivity index (χ1n) is 8.58. The predicted molar refractivity (Wildman–Crippen MR) is 76.9 cm³/mol. The first-order chi connectivity index (χ1) is 9.35. The molecule has 0 amide bonds. The van der Waals surface area contributed by atoms with Crippen LogP contribution < -0.4 is 5.32 Å². The molecule has 4 saturated carbocycles. The summed E-state index contributed by atoms with van der Waals surface area (Å²) in [5.41, 5.74) is 0. The fourth-order valence-corrected chi connectivity index (χ4v) is 6.34. The second-order valence-corrected chi connectivity index (χ2v) is 7.80. The third-order valence-corrected chi connectivity index (χ3v) is 6.80. The van der Waals surface area contributed by atoms with Crippen molar-refractivity contribution in [3.05, 3.63) is 0 Å². The van der Waals surface area contributed by atoms with E-state index in [2.05, 4.69) is 5.32 Å². The Morgan fingerprint density at radius 1 is 0.895 bits per heavy atom. The highest BCUT2D eigenvalue weighted by atomic mass is 16.5. The molecule has 5 rings (SSSR count). The average molecular weight is 263 g/mol. The normalized spacial score (nSPS) is 47.5. The maximum absolute atomic E-state index is 6.09. The van der Waals surface area contributed by atoms with Crippen LogP contribution in [0.1, 0.15) is 44.9 Å². The number of methoxy groups -OCH3 is 1. The molecule has 0 aromatic rings. The van der Waals surface area contributed by atoms with Crippen molar-refractivity contribution in [2.75, 3.05) is 20.2 Å². The lowest BCUT2D eigenvalue weighted by Gasteiger charge is -2.57. The predicted octanol–water partition coefficient (Wildman–Crippen LogP) is 3.07. The zero-order chi connectivity index (χ0) is 12.8. The molecule has 5 fully saturated rings. The molecule has 0 aromatic heterocycles. The number of ether oxygens (including phenoxy) is 1. The number of nitrogens with one attached hydrogen (secondary N) is 1. The summed E-state index contributed by atoms with van der Waals surface area (Å²) in [7, 11) is 1.98. The molecule has 0 aromatic carbocycles. The Labute approximate surface area is 117 Å². The van der Waals surface area contributed by atoms with Crippen molar-refractivity contribution in [1.29, 1.82) is 0 Å². The number of piperidine rings is 1. The summed E-state index contributed by atoms with van der Waals surface area (Å²) in [6.07, 6.45) is 10.9. The van der Waals surface area contributed by atoms with Crippen LogP contribution in [0, 0.1) is 35.5 Å². The second kappa shape index (κ2) is 5.04. The minimum atomic E-state index is 0.567. The highest BCUT2D eigenvalue weighted by molar-refractivity contribution is 5.01. The topological polar surface area (TPSA) is 21.3 Å². The van der Waals surface area contributed by atoms with Crippen molar-refractivity contribution < 1.29 is 4.74 Å². The van der Waals surface area contributed by atoms with E-state index < -0.39 is 0 Å². The van der Waals surface area contributed by atoms with Gasteiger partial charge in [-0.25, -0.2) is 0 Å². The first-order valence-corrected chi connectivity index (χ1v) is 8.58. The standard InChI is InChI=1S/C17H29NO/c1-19-17(13-2-4-18-5-3-13)16-14-7-11-6-12(9-14)10-15(16)8-11/h11-18H,2-10H2,1H3. The van der Waals surface area contributed by atoms with Gasteiger partial charge < -0.3 is 10.1 Å². The van der Waals surface area contributed by atoms with Crippen LogP contribution in [0.5, 0.6) is 0 Å². The van der Waals surface area contributed by atoms with Gasteiger partial charge in [-0.05, 0) is 93.5 Å². The summed E-state index contributed by atoms with van der Waals surface area (Å²) in [6, 6.07) is 0. The zero-order valence-electron chi connectivity index (χ0n) is 12.3. The summed E-state index contributed by atoms with van der Waals surface area (Å²) in [4.78, 5) is 0. The molecule has 4 bridgehead atoms. The molecule has 2 nitrogen and oxygen atoms in total. The Morgan fingerprint density at radius 3 is 2.00 bits per heavy atom. The average Bonchev–Trinajstić information content (AvgIpc) is 2.43. The van der Waals surface area contributed by atoms with E-state index in [0.717, 1.165) is 35.5 Å². The van der Waals surface area contributed by atoms with Crippen LogP contribution in [0.4, 0.5) is 0 Å². The highest BCUT2D eigenvalue weighted by Gasteiger charge is 2.51. The van der Waals surface area contributed by atoms with E-state index in [0.29, 0.717) is 6.10 Å². The van der Waals surface area contributed by atoms with Crippen LogP contribution in [0.25, 0.3) is 0 Å². The van der Waals surface area contributed by atoms with Crippen molar-refractivity contribution in [3.8, 4) is 0 Å². The molecule has 1 aliphatic heterocycles. The van der Waals surface area contributed by atoms with Gasteiger partial charge in [-0.15, -0.1) is 0 Å². The van der Waals surface area contributed by atoms with E-state index >= 15 is 0 Å². The van der Waals surface area contributed by atoms with E-state index in [1.807, 2.05) is 7.11 Å². The van der Waals surface area contributed by atoms with Gasteiger partial charge in [-0.1, -0.05) is 0 Å². The molecule has 1 unspecified atom stereocenters. The Morgan fingerprint density at radius 2 is 1.47 bits per heavy atom. The molecule has 4 aliphatic carbocycles. The highest BCUT2D eigenvalue weighted by Crippen LogP contribution is 2.58. The van der Waals surface area contributed by atoms with E-state index in [-0.39, 0.29) is 0 Å². The molecule has 0 spiro atoms. The third kappa shape index (κ3) is 2.15. The van der Waals surface area contributed by atoms with Gasteiger partial charge in [0.15, 0.2) is 0 Å². The van der Waals surface area contributed by atoms with Gasteiger partial charge >= 0.3 is 0 Å². The SMILES string of the molecule is COC(C1CCNCC1)C1C2CC3CC(C2)CC1C3. The minimum Gasteiger partial charge on any atom is -0.381 e. The van der Waals surface area contributed by atoms with Crippen molar-refractivity contribution in [2.45, 2.75) is 51.0 Å². The molecule has 108 valence electrons. The smallest absolute Gasteiger partial charge is 0.0633 e. The van der Waals surface area contributed by atoms with Crippen LogP contribution in [-0.2, 0) is 4.74 Å². The summed E-state index contributed by atoms with van der Waals surface area (Å²) >= 11 is 0. The summed E-state index contributed by atoms with van der Waals surface area (Å²) in [5.74, 6) is 5.93. The minimum absolute atomic E-state index is 0.567. The summed E-state index contributed by atoms with van der Waals surface area (Å²) < 4.78 is 6.09. The number of rotatable bonds is 3. The number of hydrogen-bond donors (Lipinski definition) is 1. The van der Waals surface area contributed by atoms with Crippen molar-refractivity contribution in [3.63, 3.8) is 0 Å². The first kappa shape index (κ1) is 12.6. The lowest BCUT2D eigenvalue weighted by atomic mass is 9.50. The number of hydrogen-bond acceptors (Lipinski definition) is 2. The van der Waals surface area contributed by atoms with Crippen LogP contribution in [0.3, 0.4) is 0 Å². The van der Waals surface area contributed by atoms with Gasteiger partial charge in [-0.2, -0.15) is 0 Å². The van der Waals surface area contributed by atoms with E-state index in [1.54, 1.807) is 6.42 Å². The molecule has 2 heteroatoms. The Hall–Kier alpha value is -0.0800. The molecular weight excluding hydrogens is 234 g/mol. The molecule has 0 radical (unpaired) electrons. The van der Waals surface area contributed by atoms with Gasteiger partial charge in [0.2, 0.25) is 0 Å². The van der Waals surface area contributed by atoms with Crippen LogP contribution >= 0.6 is 0 Å². The summed E-state index contributed by atoms with van der Waals surface area (Å²) in [5, 5.41) is 3.51. The zero-order valence-corrected chi connectivity index (χ0v) is 12.3. The maximum Gasteiger partial charge on any atom is 0.0633 e. The molecule has 1 atom stereocenters. The maximum atomic E-state index is 6.09. The quantitative estimate of drug-likeness (QED) is 0.845. The lowest BCUT2D eigenvalue weighted by molar-refractivity contribution is -0.121. The van der Waals surface area contributed by atoms with Crippen LogP contribution in [0.15, 0.2) is 0 Å². The van der Waals surface area contributed by atoms with Gasteiger partial charge in [-0.3, -0.25) is 0 Å². The van der Waals surface area contributed by atoms with Crippen LogP contribution in [0.2, 0.25) is 0 Å². The second-order valence-electron chi connectivity index (χ2n) is 7.80. The third-order valence-electron chi connectivity index (χ3n) is 6.80. The Balaban J connectivity index is 1.53. The van der Waals surface area contributed by atoms with Crippen molar-refractivity contribution >= 4 is 0 Å². The monoisotopic (exact) mass is 263 g/mol. The van der Waals surface area contributed by atoms with Gasteiger partial charge in [0, 0.05) is 7.11 Å². The molecule has 5 aliphatic rings. The van der Waals surface area contributed by atoms with E-state index in [1.165, 1.54) is 51.6 Å². The molecular formula is C17H29NO. The van der Waals surface area contributed by atoms with Gasteiger partial charge in [0.25, 0.3) is 0 Å². The molecule has 1 saturated heterocycles. The van der Waals surface area contributed by atoms with E-state index in [4.69, 9.17) is 4.74 Å². The van der Waals surface area contributed by atoms with Gasteiger partial charge in [0.05, 0.1) is 6.10 Å². The largest absolute Gasteiger partial charge is 0.381 e. The lowest BCUT2D eigenvalue weighted by Crippen LogP contribution is -2.52. The van der Waals surface area contributed by atoms with Crippen LogP contribution in [-0.4, -0.2) is 26.3 Å². The van der Waals surface area contributed by atoms with Gasteiger partial charge in [0.1, 0.15) is 0 Å². The molecule has 1 heterocycles. The Kier molecular flexibility index (Phi) is 3.35. The van der Waals surface area contributed by atoms with Crippen molar-refractivity contribution in [1.82, 2.24) is 5.32 Å². The summed E-state index contributed by atoms with van der Waals surface area (Å²) in [6.45, 7) is 2.41. The molecule has 19 heavy (non-hydrogen) atoms. The molecule has 1 N–H and O–H groups in total. The van der Waals surface area contributed by atoms with E-state index in [9.17, 15) is 0 Å². The van der Waals surface area contributed by atoms with Crippen molar-refractivity contribution in [2.24, 2.45) is 35.5 Å². The Bertz CT molecular complexity index is 295.